The summed E-state index contributed by atoms with van der Waals surface area (Å²) < 4.78 is 5.61. The van der Waals surface area contributed by atoms with E-state index < -0.39 is 29.5 Å². The number of aliphatic hydroxyl groups excluding tert-OH is 1. The number of imide groups is 1. The smallest absolute Gasteiger partial charge is 0.250 e. The molecule has 5 rings (SSSR count). The quantitative estimate of drug-likeness (QED) is 0.631. The van der Waals surface area contributed by atoms with Gasteiger partial charge in [-0.25, -0.2) is 0 Å². The molecule has 1 spiro atoms. The monoisotopic (exact) mass is 385 g/mol. The van der Waals surface area contributed by atoms with Crippen molar-refractivity contribution in [2.75, 3.05) is 18.5 Å². The molecule has 8 nitrogen and oxygen atoms in total. The Morgan fingerprint density at radius 1 is 1.29 bits per heavy atom. The summed E-state index contributed by atoms with van der Waals surface area (Å²) in [6, 6.07) is 6.50. The highest BCUT2D eigenvalue weighted by atomic mass is 16.5. The van der Waals surface area contributed by atoms with Crippen molar-refractivity contribution < 1.29 is 24.2 Å². The van der Waals surface area contributed by atoms with Crippen molar-refractivity contribution in [3.8, 4) is 0 Å². The number of benzene rings is 1. The van der Waals surface area contributed by atoms with E-state index in [1.807, 2.05) is 6.07 Å². The number of likely N-dealkylation sites (tertiary alicyclic amines) is 1. The molecule has 3 fully saturated rings. The number of nitrogens with zero attached hydrogens (tertiary/aromatic N) is 1. The molecule has 0 unspecified atom stereocenters. The molecule has 0 saturated carbocycles. The van der Waals surface area contributed by atoms with Crippen molar-refractivity contribution >= 4 is 23.4 Å². The van der Waals surface area contributed by atoms with Gasteiger partial charge in [0.25, 0.3) is 0 Å². The molecule has 3 amide bonds. The van der Waals surface area contributed by atoms with Gasteiger partial charge in [0.2, 0.25) is 17.7 Å². The van der Waals surface area contributed by atoms with Gasteiger partial charge in [-0.15, -0.1) is 0 Å². The lowest BCUT2D eigenvalue weighted by atomic mass is 9.76. The van der Waals surface area contributed by atoms with Crippen LogP contribution in [0.2, 0.25) is 0 Å². The van der Waals surface area contributed by atoms with Crippen molar-refractivity contribution in [1.29, 1.82) is 0 Å². The maximum absolute atomic E-state index is 13.4. The molecule has 148 valence electrons. The Balaban J connectivity index is 1.59. The van der Waals surface area contributed by atoms with E-state index in [1.54, 1.807) is 25.1 Å². The summed E-state index contributed by atoms with van der Waals surface area (Å²) in [5, 5.41) is 16.4. The minimum absolute atomic E-state index is 0.162. The van der Waals surface area contributed by atoms with E-state index >= 15 is 0 Å². The van der Waals surface area contributed by atoms with Crippen LogP contribution in [0.15, 0.2) is 24.3 Å². The summed E-state index contributed by atoms with van der Waals surface area (Å²) in [5.74, 6) is -2.73. The first kappa shape index (κ1) is 17.8. The molecule has 3 saturated heterocycles. The lowest BCUT2D eigenvalue weighted by molar-refractivity contribution is -0.144. The number of ether oxygens (including phenoxy) is 1. The third-order valence-electron chi connectivity index (χ3n) is 6.58. The molecule has 0 aromatic heterocycles. The van der Waals surface area contributed by atoms with Crippen LogP contribution in [0.4, 0.5) is 5.69 Å². The van der Waals surface area contributed by atoms with Crippen molar-refractivity contribution in [2.45, 2.75) is 43.6 Å². The van der Waals surface area contributed by atoms with Crippen LogP contribution < -0.4 is 10.6 Å². The topological polar surface area (TPSA) is 108 Å². The second-order valence-corrected chi connectivity index (χ2v) is 8.14. The number of aliphatic hydroxyl groups is 1. The summed E-state index contributed by atoms with van der Waals surface area (Å²) in [6.07, 6.45) is 0.654. The molecule has 28 heavy (non-hydrogen) atoms. The van der Waals surface area contributed by atoms with Crippen molar-refractivity contribution in [3.63, 3.8) is 0 Å². The third kappa shape index (κ3) is 2.19. The zero-order chi connectivity index (χ0) is 19.6. The van der Waals surface area contributed by atoms with E-state index in [4.69, 9.17) is 4.74 Å². The Labute approximate surface area is 162 Å². The Bertz CT molecular complexity index is 865. The van der Waals surface area contributed by atoms with Gasteiger partial charge >= 0.3 is 0 Å². The average molecular weight is 385 g/mol. The Morgan fingerprint density at radius 2 is 2.07 bits per heavy atom. The standard InChI is InChI=1S/C20H23N3O5/c1-10(24)16-14-15(18(26)23(17(14)25)9-11-5-4-8-28-11)20(22-16)12-6-2-3-7-13(12)21-19(20)27/h2-3,6-7,10-11,14-16,22,24H,4-5,8-9H2,1H3,(H,21,27)/t10-,11-,14-,15+,16+,20+/m0/s1. The lowest BCUT2D eigenvalue weighted by Gasteiger charge is -2.30. The highest BCUT2D eigenvalue weighted by molar-refractivity contribution is 6.15. The van der Waals surface area contributed by atoms with Crippen LogP contribution in [0.1, 0.15) is 25.3 Å². The molecule has 0 bridgehead atoms. The molecule has 4 aliphatic heterocycles. The highest BCUT2D eigenvalue weighted by Crippen LogP contribution is 2.53. The molecule has 8 heteroatoms. The highest BCUT2D eigenvalue weighted by Gasteiger charge is 2.71. The SMILES string of the molecule is C[C@H](O)[C@H]1N[C@@]2(C(=O)Nc3ccccc32)[C@H]2C(=O)N(C[C@@H]3CCCO3)C(=O)[C@H]12. The number of amides is 3. The van der Waals surface area contributed by atoms with Gasteiger partial charge in [0.15, 0.2) is 0 Å². The first-order chi connectivity index (χ1) is 13.4. The summed E-state index contributed by atoms with van der Waals surface area (Å²) >= 11 is 0. The number of carbonyl (C=O) groups is 3. The number of hydrogen-bond acceptors (Lipinski definition) is 6. The van der Waals surface area contributed by atoms with E-state index in [-0.39, 0.29) is 30.4 Å². The molecular formula is C20H23N3O5. The number of fused-ring (bicyclic) bond motifs is 4. The predicted octanol–water partition coefficient (Wildman–Crippen LogP) is -0.0332. The molecule has 0 radical (unpaired) electrons. The fraction of sp³-hybridized carbons (Fsp3) is 0.550. The molecule has 4 aliphatic rings. The summed E-state index contributed by atoms with van der Waals surface area (Å²) in [7, 11) is 0. The fourth-order valence-electron chi connectivity index (χ4n) is 5.33. The van der Waals surface area contributed by atoms with Crippen LogP contribution in [0.3, 0.4) is 0 Å². The largest absolute Gasteiger partial charge is 0.392 e. The number of anilines is 1. The summed E-state index contributed by atoms with van der Waals surface area (Å²) in [5.41, 5.74) is -0.0675. The normalized spacial score (nSPS) is 37.5. The van der Waals surface area contributed by atoms with E-state index in [1.165, 1.54) is 4.90 Å². The van der Waals surface area contributed by atoms with Crippen molar-refractivity contribution in [1.82, 2.24) is 10.2 Å². The lowest BCUT2D eigenvalue weighted by Crippen LogP contribution is -2.55. The first-order valence-corrected chi connectivity index (χ1v) is 9.78. The van der Waals surface area contributed by atoms with Gasteiger partial charge < -0.3 is 15.2 Å². The Hall–Kier alpha value is -2.29. The number of rotatable bonds is 3. The third-order valence-corrected chi connectivity index (χ3v) is 6.58. The summed E-state index contributed by atoms with van der Waals surface area (Å²) in [6.45, 7) is 2.41. The molecule has 1 aromatic rings. The maximum Gasteiger partial charge on any atom is 0.250 e. The molecule has 3 N–H and O–H groups in total. The van der Waals surface area contributed by atoms with E-state index in [9.17, 15) is 19.5 Å². The van der Waals surface area contributed by atoms with Gasteiger partial charge in [-0.05, 0) is 25.8 Å². The van der Waals surface area contributed by atoms with Gasteiger partial charge in [-0.1, -0.05) is 18.2 Å². The zero-order valence-corrected chi connectivity index (χ0v) is 15.6. The molecule has 4 heterocycles. The van der Waals surface area contributed by atoms with Crippen LogP contribution >= 0.6 is 0 Å². The minimum atomic E-state index is -1.35. The van der Waals surface area contributed by atoms with Gasteiger partial charge in [0.05, 0.1) is 30.6 Å². The van der Waals surface area contributed by atoms with Gasteiger partial charge in [-0.2, -0.15) is 0 Å². The van der Waals surface area contributed by atoms with Crippen molar-refractivity contribution in [2.24, 2.45) is 11.8 Å². The zero-order valence-electron chi connectivity index (χ0n) is 15.6. The number of hydrogen-bond donors (Lipinski definition) is 3. The van der Waals surface area contributed by atoms with Gasteiger partial charge in [0.1, 0.15) is 5.54 Å². The van der Waals surface area contributed by atoms with Crippen LogP contribution in [0, 0.1) is 11.8 Å². The predicted molar refractivity (Wildman–Crippen MR) is 98.0 cm³/mol. The molecule has 1 aromatic carbocycles. The second kappa shape index (κ2) is 6.10. The number of para-hydroxylation sites is 1. The van der Waals surface area contributed by atoms with E-state index in [0.717, 1.165) is 12.8 Å². The Kier molecular flexibility index (Phi) is 3.88. The van der Waals surface area contributed by atoms with Crippen LogP contribution in [0.25, 0.3) is 0 Å². The summed E-state index contributed by atoms with van der Waals surface area (Å²) in [4.78, 5) is 41.0. The second-order valence-electron chi connectivity index (χ2n) is 8.14. The molecule has 6 atom stereocenters. The maximum atomic E-state index is 13.4. The molecule has 0 aliphatic carbocycles. The minimum Gasteiger partial charge on any atom is -0.392 e. The Morgan fingerprint density at radius 3 is 2.79 bits per heavy atom. The van der Waals surface area contributed by atoms with E-state index in [0.29, 0.717) is 17.9 Å². The average Bonchev–Trinajstić information content (AvgIpc) is 3.41. The van der Waals surface area contributed by atoms with Crippen LogP contribution in [-0.4, -0.2) is 59.1 Å². The van der Waals surface area contributed by atoms with E-state index in [2.05, 4.69) is 10.6 Å². The fourth-order valence-corrected chi connectivity index (χ4v) is 5.33. The van der Waals surface area contributed by atoms with Gasteiger partial charge in [0, 0.05) is 23.9 Å². The first-order valence-electron chi connectivity index (χ1n) is 9.78. The number of carbonyl (C=O) groups excluding carboxylic acids is 3. The van der Waals surface area contributed by atoms with Gasteiger partial charge in [-0.3, -0.25) is 24.6 Å². The van der Waals surface area contributed by atoms with Crippen LogP contribution in [-0.2, 0) is 24.7 Å². The van der Waals surface area contributed by atoms with Crippen LogP contribution in [0.5, 0.6) is 0 Å². The number of nitrogens with one attached hydrogen (secondary N) is 2. The molecular weight excluding hydrogens is 362 g/mol. The van der Waals surface area contributed by atoms with Crippen molar-refractivity contribution in [3.05, 3.63) is 29.8 Å².